The van der Waals surface area contributed by atoms with Gasteiger partial charge in [-0.05, 0) is 18.9 Å². The summed E-state index contributed by atoms with van der Waals surface area (Å²) in [5, 5.41) is 8.09. The minimum absolute atomic E-state index is 0.0438. The molecule has 0 aliphatic heterocycles. The van der Waals surface area contributed by atoms with Crippen molar-refractivity contribution in [3.63, 3.8) is 0 Å². The fourth-order valence-corrected chi connectivity index (χ4v) is 2.37. The summed E-state index contributed by atoms with van der Waals surface area (Å²) >= 11 is 0. The van der Waals surface area contributed by atoms with Crippen LogP contribution in [0.5, 0.6) is 0 Å². The minimum atomic E-state index is 0.0438. The van der Waals surface area contributed by atoms with Crippen molar-refractivity contribution in [1.29, 1.82) is 0 Å². The van der Waals surface area contributed by atoms with Gasteiger partial charge in [0.1, 0.15) is 5.52 Å². The lowest BCUT2D eigenvalue weighted by molar-refractivity contribution is 0.373. The van der Waals surface area contributed by atoms with Gasteiger partial charge in [-0.25, -0.2) is 9.50 Å². The van der Waals surface area contributed by atoms with Gasteiger partial charge in [0.25, 0.3) is 0 Å². The van der Waals surface area contributed by atoms with Crippen LogP contribution in [0, 0.1) is 0 Å². The highest BCUT2D eigenvalue weighted by molar-refractivity contribution is 5.68. The highest BCUT2D eigenvalue weighted by atomic mass is 15.2. The standard InChI is InChI=1S/C14H21N5/c1-14(2,3)12-8-11-13(16-4-5-19(11)18-12)17-10-6-9(15)7-10/h4-5,8-10H,6-7,15H2,1-3H3,(H,16,17). The predicted octanol–water partition coefficient (Wildman–Crippen LogP) is 1.93. The first-order valence-electron chi connectivity index (χ1n) is 6.80. The number of nitrogens with one attached hydrogen (secondary N) is 1. The normalized spacial score (nSPS) is 23.4. The molecule has 1 saturated carbocycles. The maximum absolute atomic E-state index is 5.82. The molecule has 5 heteroatoms. The average Bonchev–Trinajstić information content (AvgIpc) is 2.71. The van der Waals surface area contributed by atoms with Crippen LogP contribution < -0.4 is 11.1 Å². The van der Waals surface area contributed by atoms with E-state index in [1.54, 1.807) is 6.20 Å². The third-order valence-corrected chi connectivity index (χ3v) is 3.67. The molecular formula is C14H21N5. The average molecular weight is 259 g/mol. The van der Waals surface area contributed by atoms with E-state index in [9.17, 15) is 0 Å². The van der Waals surface area contributed by atoms with Gasteiger partial charge >= 0.3 is 0 Å². The number of anilines is 1. The summed E-state index contributed by atoms with van der Waals surface area (Å²) in [4.78, 5) is 4.44. The molecule has 2 heterocycles. The lowest BCUT2D eigenvalue weighted by Gasteiger charge is -2.33. The second-order valence-corrected chi connectivity index (χ2v) is 6.46. The molecule has 0 radical (unpaired) electrons. The van der Waals surface area contributed by atoms with E-state index in [0.29, 0.717) is 12.1 Å². The molecule has 2 aromatic rings. The van der Waals surface area contributed by atoms with Crippen molar-refractivity contribution in [2.75, 3.05) is 5.32 Å². The Bertz CT molecular complexity index is 589. The van der Waals surface area contributed by atoms with Crippen molar-refractivity contribution in [3.05, 3.63) is 24.2 Å². The second kappa shape index (κ2) is 4.20. The van der Waals surface area contributed by atoms with Gasteiger partial charge < -0.3 is 11.1 Å². The van der Waals surface area contributed by atoms with Crippen LogP contribution in [0.3, 0.4) is 0 Å². The van der Waals surface area contributed by atoms with E-state index in [2.05, 4.69) is 42.2 Å². The molecule has 102 valence electrons. The summed E-state index contributed by atoms with van der Waals surface area (Å²) in [6.07, 6.45) is 5.71. The Morgan fingerprint density at radius 1 is 1.37 bits per heavy atom. The Morgan fingerprint density at radius 2 is 2.11 bits per heavy atom. The van der Waals surface area contributed by atoms with Crippen molar-refractivity contribution >= 4 is 11.3 Å². The number of rotatable bonds is 2. The molecular weight excluding hydrogens is 238 g/mol. The van der Waals surface area contributed by atoms with E-state index >= 15 is 0 Å². The van der Waals surface area contributed by atoms with Gasteiger partial charge in [-0.2, -0.15) is 5.10 Å². The number of hydrogen-bond acceptors (Lipinski definition) is 4. The summed E-state index contributed by atoms with van der Waals surface area (Å²) in [7, 11) is 0. The number of aromatic nitrogens is 3. The quantitative estimate of drug-likeness (QED) is 0.864. The van der Waals surface area contributed by atoms with Crippen LogP contribution in [0.1, 0.15) is 39.3 Å². The van der Waals surface area contributed by atoms with Crippen molar-refractivity contribution in [2.24, 2.45) is 5.73 Å². The van der Waals surface area contributed by atoms with Crippen LogP contribution in [0.25, 0.3) is 5.52 Å². The first-order chi connectivity index (χ1) is 8.93. The maximum atomic E-state index is 5.82. The van der Waals surface area contributed by atoms with Gasteiger partial charge in [-0.15, -0.1) is 0 Å². The summed E-state index contributed by atoms with van der Waals surface area (Å²) in [5.41, 5.74) is 7.97. The van der Waals surface area contributed by atoms with E-state index in [-0.39, 0.29) is 5.41 Å². The summed E-state index contributed by atoms with van der Waals surface area (Å²) in [6, 6.07) is 2.91. The van der Waals surface area contributed by atoms with E-state index in [4.69, 9.17) is 5.73 Å². The molecule has 19 heavy (non-hydrogen) atoms. The van der Waals surface area contributed by atoms with Gasteiger partial charge in [-0.1, -0.05) is 20.8 Å². The van der Waals surface area contributed by atoms with Crippen molar-refractivity contribution in [1.82, 2.24) is 14.6 Å². The first kappa shape index (κ1) is 12.4. The van der Waals surface area contributed by atoms with E-state index in [0.717, 1.165) is 29.9 Å². The van der Waals surface area contributed by atoms with Crippen LogP contribution in [0.2, 0.25) is 0 Å². The number of hydrogen-bond donors (Lipinski definition) is 2. The predicted molar refractivity (Wildman–Crippen MR) is 76.3 cm³/mol. The largest absolute Gasteiger partial charge is 0.365 e. The van der Waals surface area contributed by atoms with Gasteiger partial charge in [-0.3, -0.25) is 0 Å². The number of fused-ring (bicyclic) bond motifs is 1. The van der Waals surface area contributed by atoms with Crippen LogP contribution in [-0.2, 0) is 5.41 Å². The zero-order valence-corrected chi connectivity index (χ0v) is 11.7. The second-order valence-electron chi connectivity index (χ2n) is 6.46. The van der Waals surface area contributed by atoms with Crippen molar-refractivity contribution in [2.45, 2.75) is 51.1 Å². The van der Waals surface area contributed by atoms with Crippen LogP contribution in [0.15, 0.2) is 18.5 Å². The Hall–Kier alpha value is -1.62. The summed E-state index contributed by atoms with van der Waals surface area (Å²) < 4.78 is 1.90. The van der Waals surface area contributed by atoms with Gasteiger partial charge in [0.2, 0.25) is 0 Å². The van der Waals surface area contributed by atoms with Gasteiger partial charge in [0, 0.05) is 29.9 Å². The Labute approximate surface area is 113 Å². The summed E-state index contributed by atoms with van der Waals surface area (Å²) in [6.45, 7) is 6.50. The van der Waals surface area contributed by atoms with E-state index in [1.165, 1.54) is 0 Å². The summed E-state index contributed by atoms with van der Waals surface area (Å²) in [5.74, 6) is 0.905. The lowest BCUT2D eigenvalue weighted by atomic mass is 9.87. The molecule has 1 aliphatic rings. The third-order valence-electron chi connectivity index (χ3n) is 3.67. The van der Waals surface area contributed by atoms with Crippen LogP contribution in [-0.4, -0.2) is 26.7 Å². The Kier molecular flexibility index (Phi) is 2.74. The fourth-order valence-electron chi connectivity index (χ4n) is 2.37. The zero-order chi connectivity index (χ0) is 13.6. The molecule has 0 unspecified atom stereocenters. The number of nitrogens with zero attached hydrogens (tertiary/aromatic N) is 3. The monoisotopic (exact) mass is 259 g/mol. The number of nitrogens with two attached hydrogens (primary N) is 1. The van der Waals surface area contributed by atoms with E-state index in [1.807, 2.05) is 10.7 Å². The molecule has 5 nitrogen and oxygen atoms in total. The Morgan fingerprint density at radius 3 is 2.74 bits per heavy atom. The molecule has 1 aliphatic carbocycles. The van der Waals surface area contributed by atoms with Crippen LogP contribution in [0.4, 0.5) is 5.82 Å². The molecule has 3 rings (SSSR count). The zero-order valence-electron chi connectivity index (χ0n) is 11.7. The fraction of sp³-hybridized carbons (Fsp3) is 0.571. The molecule has 0 amide bonds. The van der Waals surface area contributed by atoms with Crippen LogP contribution >= 0.6 is 0 Å². The van der Waals surface area contributed by atoms with E-state index < -0.39 is 0 Å². The Balaban J connectivity index is 1.93. The lowest BCUT2D eigenvalue weighted by Crippen LogP contribution is -2.44. The van der Waals surface area contributed by atoms with Crippen molar-refractivity contribution in [3.8, 4) is 0 Å². The molecule has 0 saturated heterocycles. The molecule has 2 aromatic heterocycles. The smallest absolute Gasteiger partial charge is 0.152 e. The van der Waals surface area contributed by atoms with Crippen molar-refractivity contribution < 1.29 is 0 Å². The highest BCUT2D eigenvalue weighted by Gasteiger charge is 2.27. The topological polar surface area (TPSA) is 68.2 Å². The van der Waals surface area contributed by atoms with Gasteiger partial charge in [0.15, 0.2) is 5.82 Å². The SMILES string of the molecule is CC(C)(C)c1cc2c(NC3CC(N)C3)nccn2n1. The molecule has 0 spiro atoms. The molecule has 0 bridgehead atoms. The molecule has 0 atom stereocenters. The molecule has 0 aromatic carbocycles. The first-order valence-corrected chi connectivity index (χ1v) is 6.80. The minimum Gasteiger partial charge on any atom is -0.365 e. The molecule has 1 fully saturated rings. The third kappa shape index (κ3) is 2.30. The van der Waals surface area contributed by atoms with Gasteiger partial charge in [0.05, 0.1) is 5.69 Å². The maximum Gasteiger partial charge on any atom is 0.152 e. The molecule has 3 N–H and O–H groups in total. The highest BCUT2D eigenvalue weighted by Crippen LogP contribution is 2.27.